The molecule has 1 N–H and O–H groups in total. The molecule has 4 nitrogen and oxygen atoms in total. The number of carbonyl (C=O) groups excluding carboxylic acids is 2. The Morgan fingerprint density at radius 3 is 2.78 bits per heavy atom. The molecule has 1 aliphatic rings. The number of nitrogens with one attached hydrogen (secondary N) is 1. The number of halogens is 1. The zero-order valence-corrected chi connectivity index (χ0v) is 14.4. The number of esters is 1. The normalized spacial score (nSPS) is 19.7. The second-order valence-electron chi connectivity index (χ2n) is 5.92. The number of ether oxygens (including phenoxy) is 1. The highest BCUT2D eigenvalue weighted by Gasteiger charge is 2.42. The van der Waals surface area contributed by atoms with Gasteiger partial charge in [-0.3, -0.25) is 4.79 Å². The van der Waals surface area contributed by atoms with Crippen LogP contribution in [0.5, 0.6) is 0 Å². The monoisotopic (exact) mass is 373 g/mol. The minimum Gasteiger partial charge on any atom is -0.445 e. The summed E-state index contributed by atoms with van der Waals surface area (Å²) in [6, 6.07) is 12.8. The topological polar surface area (TPSA) is 55.4 Å². The van der Waals surface area contributed by atoms with Gasteiger partial charge >= 0.3 is 5.97 Å². The average Bonchev–Trinajstić information content (AvgIpc) is 2.46. The van der Waals surface area contributed by atoms with Crippen LogP contribution < -0.4 is 5.32 Å². The lowest BCUT2D eigenvalue weighted by atomic mass is 9.89. The van der Waals surface area contributed by atoms with Gasteiger partial charge in [-0.25, -0.2) is 4.79 Å². The molecule has 0 saturated carbocycles. The van der Waals surface area contributed by atoms with E-state index >= 15 is 0 Å². The van der Waals surface area contributed by atoms with Crippen LogP contribution in [0.2, 0.25) is 0 Å². The Hall–Kier alpha value is -2.14. The van der Waals surface area contributed by atoms with Gasteiger partial charge in [0, 0.05) is 16.6 Å². The lowest BCUT2D eigenvalue weighted by molar-refractivity contribution is -0.134. The summed E-state index contributed by atoms with van der Waals surface area (Å²) >= 11 is 3.39. The molecule has 0 aromatic heterocycles. The highest BCUT2D eigenvalue weighted by Crippen LogP contribution is 2.31. The highest BCUT2D eigenvalue weighted by molar-refractivity contribution is 9.10. The third-order valence-electron chi connectivity index (χ3n) is 3.89. The number of amides is 1. The standard InChI is InChI=1S/C18H16BrNO3/c1-11-4-3-5-14(8-11)20-17(22)18(2)10-12-9-13(19)6-7-15(12)16(21)23-18/h3-9H,10H2,1-2H3,(H,20,22). The van der Waals surface area contributed by atoms with Crippen molar-refractivity contribution >= 4 is 33.5 Å². The third-order valence-corrected chi connectivity index (χ3v) is 4.38. The van der Waals surface area contributed by atoms with Crippen LogP contribution in [0, 0.1) is 6.92 Å². The van der Waals surface area contributed by atoms with Crippen LogP contribution >= 0.6 is 15.9 Å². The fraction of sp³-hybridized carbons (Fsp3) is 0.222. The van der Waals surface area contributed by atoms with Crippen molar-refractivity contribution in [2.45, 2.75) is 25.9 Å². The Morgan fingerprint density at radius 2 is 2.04 bits per heavy atom. The molecule has 5 heteroatoms. The molecule has 118 valence electrons. The molecule has 1 atom stereocenters. The second-order valence-corrected chi connectivity index (χ2v) is 6.84. The fourth-order valence-electron chi connectivity index (χ4n) is 2.68. The van der Waals surface area contributed by atoms with Crippen LogP contribution in [0.15, 0.2) is 46.9 Å². The molecule has 0 fully saturated rings. The first kappa shape index (κ1) is 15.7. The molecule has 1 unspecified atom stereocenters. The number of fused-ring (bicyclic) bond motifs is 1. The van der Waals surface area contributed by atoms with Gasteiger partial charge in [0.15, 0.2) is 5.60 Å². The first-order chi connectivity index (χ1) is 10.9. The maximum absolute atomic E-state index is 12.6. The summed E-state index contributed by atoms with van der Waals surface area (Å²) in [4.78, 5) is 24.8. The molecule has 0 spiro atoms. The van der Waals surface area contributed by atoms with Crippen molar-refractivity contribution < 1.29 is 14.3 Å². The number of carbonyl (C=O) groups is 2. The number of cyclic esters (lactones) is 1. The van der Waals surface area contributed by atoms with Crippen molar-refractivity contribution in [3.63, 3.8) is 0 Å². The zero-order chi connectivity index (χ0) is 16.6. The summed E-state index contributed by atoms with van der Waals surface area (Å²) in [5.41, 5.74) is 1.82. The molecular weight excluding hydrogens is 358 g/mol. The summed E-state index contributed by atoms with van der Waals surface area (Å²) in [5.74, 6) is -0.803. The maximum atomic E-state index is 12.6. The Balaban J connectivity index is 1.87. The number of rotatable bonds is 2. The molecule has 0 saturated heterocycles. The Kier molecular flexibility index (Phi) is 3.98. The van der Waals surface area contributed by atoms with Crippen LogP contribution in [0.3, 0.4) is 0 Å². The third kappa shape index (κ3) is 3.15. The van der Waals surface area contributed by atoms with E-state index in [4.69, 9.17) is 4.74 Å². The highest BCUT2D eigenvalue weighted by atomic mass is 79.9. The SMILES string of the molecule is Cc1cccc(NC(=O)C2(C)Cc3cc(Br)ccc3C(=O)O2)c1. The van der Waals surface area contributed by atoms with Gasteiger partial charge < -0.3 is 10.1 Å². The second kappa shape index (κ2) is 5.81. The van der Waals surface area contributed by atoms with Gasteiger partial charge in [-0.1, -0.05) is 28.1 Å². The molecule has 0 bridgehead atoms. The summed E-state index contributed by atoms with van der Waals surface area (Å²) in [7, 11) is 0. The quantitative estimate of drug-likeness (QED) is 0.812. The molecule has 2 aromatic rings. The van der Waals surface area contributed by atoms with E-state index in [0.717, 1.165) is 15.6 Å². The van der Waals surface area contributed by atoms with Crippen LogP contribution in [-0.4, -0.2) is 17.5 Å². The minimum absolute atomic E-state index is 0.331. The summed E-state index contributed by atoms with van der Waals surface area (Å²) in [6.07, 6.45) is 0.338. The van der Waals surface area contributed by atoms with Gasteiger partial charge in [-0.15, -0.1) is 0 Å². The summed E-state index contributed by atoms with van der Waals surface area (Å²) in [5, 5.41) is 2.83. The average molecular weight is 374 g/mol. The van der Waals surface area contributed by atoms with Crippen LogP contribution in [0.25, 0.3) is 0 Å². The van der Waals surface area contributed by atoms with Crippen molar-refractivity contribution in [2.24, 2.45) is 0 Å². The van der Waals surface area contributed by atoms with Gasteiger partial charge in [0.1, 0.15) is 0 Å². The van der Waals surface area contributed by atoms with E-state index in [1.807, 2.05) is 37.3 Å². The van der Waals surface area contributed by atoms with E-state index in [-0.39, 0.29) is 5.91 Å². The Morgan fingerprint density at radius 1 is 1.26 bits per heavy atom. The number of hydrogen-bond donors (Lipinski definition) is 1. The Labute approximate surface area is 143 Å². The number of hydrogen-bond acceptors (Lipinski definition) is 3. The molecular formula is C18H16BrNO3. The summed E-state index contributed by atoms with van der Waals surface area (Å²) in [6.45, 7) is 3.59. The first-order valence-electron chi connectivity index (χ1n) is 7.27. The first-order valence-corrected chi connectivity index (χ1v) is 8.06. The van der Waals surface area contributed by atoms with Gasteiger partial charge in [0.2, 0.25) is 0 Å². The van der Waals surface area contributed by atoms with Gasteiger partial charge in [-0.05, 0) is 55.3 Å². The molecule has 0 radical (unpaired) electrons. The molecule has 23 heavy (non-hydrogen) atoms. The fourth-order valence-corrected chi connectivity index (χ4v) is 3.09. The number of aryl methyl sites for hydroxylation is 1. The predicted molar refractivity (Wildman–Crippen MR) is 91.5 cm³/mol. The lowest BCUT2D eigenvalue weighted by Gasteiger charge is -2.33. The maximum Gasteiger partial charge on any atom is 0.339 e. The largest absolute Gasteiger partial charge is 0.445 e. The van der Waals surface area contributed by atoms with Crippen molar-refractivity contribution in [2.75, 3.05) is 5.32 Å². The van der Waals surface area contributed by atoms with E-state index in [1.165, 1.54) is 0 Å². The number of anilines is 1. The van der Waals surface area contributed by atoms with E-state index in [2.05, 4.69) is 21.2 Å². The van der Waals surface area contributed by atoms with Gasteiger partial charge in [0.05, 0.1) is 5.56 Å². The van der Waals surface area contributed by atoms with Crippen molar-refractivity contribution in [3.05, 3.63) is 63.6 Å². The zero-order valence-electron chi connectivity index (χ0n) is 12.9. The summed E-state index contributed by atoms with van der Waals surface area (Å²) < 4.78 is 6.31. The van der Waals surface area contributed by atoms with Crippen LogP contribution in [0.1, 0.15) is 28.4 Å². The van der Waals surface area contributed by atoms with Crippen molar-refractivity contribution in [1.29, 1.82) is 0 Å². The van der Waals surface area contributed by atoms with Crippen molar-refractivity contribution in [3.8, 4) is 0 Å². The van der Waals surface area contributed by atoms with Gasteiger partial charge in [-0.2, -0.15) is 0 Å². The molecule has 1 amide bonds. The van der Waals surface area contributed by atoms with E-state index in [1.54, 1.807) is 19.1 Å². The van der Waals surface area contributed by atoms with Gasteiger partial charge in [0.25, 0.3) is 5.91 Å². The molecule has 3 rings (SSSR count). The molecule has 1 heterocycles. The smallest absolute Gasteiger partial charge is 0.339 e. The van der Waals surface area contributed by atoms with Crippen molar-refractivity contribution in [1.82, 2.24) is 0 Å². The molecule has 2 aromatic carbocycles. The predicted octanol–water partition coefficient (Wildman–Crippen LogP) is 3.87. The van der Waals surface area contributed by atoms with E-state index in [0.29, 0.717) is 17.7 Å². The molecule has 0 aliphatic carbocycles. The minimum atomic E-state index is -1.23. The molecule has 1 aliphatic heterocycles. The van der Waals surface area contributed by atoms with E-state index < -0.39 is 11.6 Å². The van der Waals surface area contributed by atoms with E-state index in [9.17, 15) is 9.59 Å². The van der Waals surface area contributed by atoms with Crippen LogP contribution in [0.4, 0.5) is 5.69 Å². The Bertz CT molecular complexity index is 803. The lowest BCUT2D eigenvalue weighted by Crippen LogP contribution is -2.48. The number of benzene rings is 2. The van der Waals surface area contributed by atoms with Crippen LogP contribution in [-0.2, 0) is 16.0 Å².